The molecule has 0 nitrogen and oxygen atoms in total. The van der Waals surface area contributed by atoms with E-state index in [4.69, 9.17) is 0 Å². The molecule has 0 spiro atoms. The molecule has 1 fully saturated rings. The molecule has 1 heteroatoms. The van der Waals surface area contributed by atoms with Crippen molar-refractivity contribution in [2.24, 2.45) is 0 Å². The Kier molecular flexibility index (Phi) is 2.60. The molecule has 8 heavy (non-hydrogen) atoms. The zero-order valence-electron chi connectivity index (χ0n) is 5.74. The lowest BCUT2D eigenvalue weighted by Gasteiger charge is -2.22. The summed E-state index contributed by atoms with van der Waals surface area (Å²) < 4.78 is 0. The molecule has 0 unspecified atom stereocenters. The van der Waals surface area contributed by atoms with Gasteiger partial charge in [0.2, 0.25) is 0 Å². The van der Waals surface area contributed by atoms with Crippen molar-refractivity contribution >= 4 is 8.80 Å². The Morgan fingerprint density at radius 1 is 1.38 bits per heavy atom. The summed E-state index contributed by atoms with van der Waals surface area (Å²) in [7, 11) is 0.289. The predicted octanol–water partition coefficient (Wildman–Crippen LogP) is 2.69. The topological polar surface area (TPSA) is 0 Å². The zero-order chi connectivity index (χ0) is 5.82. The van der Waals surface area contributed by atoms with Crippen molar-refractivity contribution < 1.29 is 0 Å². The Hall–Kier alpha value is 0.217. The maximum absolute atomic E-state index is 2.29. The molecule has 0 bridgehead atoms. The summed E-state index contributed by atoms with van der Waals surface area (Å²) in [5.41, 5.74) is 0. The normalized spacial score (nSPS) is 20.6. The van der Waals surface area contributed by atoms with Crippen LogP contribution >= 0.6 is 0 Å². The summed E-state index contributed by atoms with van der Waals surface area (Å²) in [5.74, 6) is 0. The largest absolute Gasteiger partial charge is 0.0654 e. The van der Waals surface area contributed by atoms with Crippen molar-refractivity contribution in [2.75, 3.05) is 0 Å². The van der Waals surface area contributed by atoms with E-state index < -0.39 is 0 Å². The van der Waals surface area contributed by atoms with Crippen molar-refractivity contribution in [1.82, 2.24) is 0 Å². The lowest BCUT2D eigenvalue weighted by molar-refractivity contribution is 0.831. The molecule has 1 aliphatic heterocycles. The maximum atomic E-state index is 2.29. The van der Waals surface area contributed by atoms with E-state index in [1.165, 1.54) is 12.8 Å². The molecule has 47 valence electrons. The van der Waals surface area contributed by atoms with E-state index in [0.717, 1.165) is 0 Å². The number of rotatable bonds is 3. The van der Waals surface area contributed by atoms with E-state index in [0.29, 0.717) is 0 Å². The Bertz CT molecular complexity index is 57.4. The van der Waals surface area contributed by atoms with Gasteiger partial charge >= 0.3 is 0 Å². The zero-order valence-corrected chi connectivity index (χ0v) is 6.74. The van der Waals surface area contributed by atoms with E-state index in [1.807, 2.05) is 0 Å². The maximum Gasteiger partial charge on any atom is 0.0478 e. The highest BCUT2D eigenvalue weighted by molar-refractivity contribution is 6.61. The predicted molar refractivity (Wildman–Crippen MR) is 39.7 cm³/mol. The molecule has 1 aliphatic rings. The third-order valence-corrected chi connectivity index (χ3v) is 5.13. The minimum Gasteiger partial charge on any atom is -0.0654 e. The molecular formula is C7H15Si. The molecule has 1 radical (unpaired) electrons. The van der Waals surface area contributed by atoms with Crippen LogP contribution in [0.4, 0.5) is 0 Å². The molecule has 0 aromatic carbocycles. The Balaban J connectivity index is 1.86. The van der Waals surface area contributed by atoms with Gasteiger partial charge in [-0.05, 0) is 0 Å². The highest BCUT2D eigenvalue weighted by Crippen LogP contribution is 2.24. The Morgan fingerprint density at radius 2 is 2.12 bits per heavy atom. The second-order valence-corrected chi connectivity index (χ2v) is 5.71. The van der Waals surface area contributed by atoms with Gasteiger partial charge in [0.15, 0.2) is 0 Å². The van der Waals surface area contributed by atoms with Crippen LogP contribution in [0.1, 0.15) is 26.2 Å². The van der Waals surface area contributed by atoms with Gasteiger partial charge in [-0.3, -0.25) is 0 Å². The minimum absolute atomic E-state index is 0.289. The molecule has 0 aromatic heterocycles. The van der Waals surface area contributed by atoms with Crippen molar-refractivity contribution in [3.8, 4) is 0 Å². The Labute approximate surface area is 53.9 Å². The molecule has 0 N–H and O–H groups in total. The first-order valence-corrected chi connectivity index (χ1v) is 5.89. The minimum atomic E-state index is 0.289. The third kappa shape index (κ3) is 1.62. The van der Waals surface area contributed by atoms with Crippen LogP contribution in [0, 0.1) is 0 Å². The van der Waals surface area contributed by atoms with Gasteiger partial charge in [0.05, 0.1) is 0 Å². The van der Waals surface area contributed by atoms with Gasteiger partial charge in [-0.1, -0.05) is 44.3 Å². The monoisotopic (exact) mass is 127 g/mol. The quantitative estimate of drug-likeness (QED) is 0.511. The Morgan fingerprint density at radius 3 is 2.50 bits per heavy atom. The van der Waals surface area contributed by atoms with Crippen LogP contribution in [0.5, 0.6) is 0 Å². The average Bonchev–Trinajstić information content (AvgIpc) is 1.63. The summed E-state index contributed by atoms with van der Waals surface area (Å²) in [5, 5.41) is 0. The van der Waals surface area contributed by atoms with Crippen LogP contribution in [0.15, 0.2) is 0 Å². The molecule has 1 saturated heterocycles. The van der Waals surface area contributed by atoms with E-state index in [-0.39, 0.29) is 8.80 Å². The number of hydrogen-bond donors (Lipinski definition) is 0. The van der Waals surface area contributed by atoms with Crippen LogP contribution in [-0.2, 0) is 0 Å². The summed E-state index contributed by atoms with van der Waals surface area (Å²) in [6.45, 7) is 2.29. The second kappa shape index (κ2) is 3.28. The number of unbranched alkanes of at least 4 members (excludes halogenated alkanes) is 1. The molecule has 1 heterocycles. The van der Waals surface area contributed by atoms with Gasteiger partial charge < -0.3 is 0 Å². The highest BCUT2D eigenvalue weighted by Gasteiger charge is 2.17. The fourth-order valence-electron chi connectivity index (χ4n) is 1.10. The fourth-order valence-corrected chi connectivity index (χ4v) is 3.31. The molecular weight excluding hydrogens is 112 g/mol. The third-order valence-electron chi connectivity index (χ3n) is 1.94. The lowest BCUT2D eigenvalue weighted by atomic mass is 10.4. The first-order chi connectivity index (χ1) is 3.93. The number of hydrogen-bond acceptors (Lipinski definition) is 0. The van der Waals surface area contributed by atoms with E-state index in [9.17, 15) is 0 Å². The smallest absolute Gasteiger partial charge is 0.0478 e. The van der Waals surface area contributed by atoms with Crippen molar-refractivity contribution in [1.29, 1.82) is 0 Å². The summed E-state index contributed by atoms with van der Waals surface area (Å²) in [4.78, 5) is 0. The van der Waals surface area contributed by atoms with Crippen LogP contribution in [-0.4, -0.2) is 8.80 Å². The first-order valence-electron chi connectivity index (χ1n) is 3.77. The van der Waals surface area contributed by atoms with Crippen LogP contribution in [0.25, 0.3) is 0 Å². The van der Waals surface area contributed by atoms with E-state index in [2.05, 4.69) is 6.92 Å². The van der Waals surface area contributed by atoms with Crippen molar-refractivity contribution in [3.63, 3.8) is 0 Å². The second-order valence-electron chi connectivity index (χ2n) is 2.71. The van der Waals surface area contributed by atoms with Crippen molar-refractivity contribution in [3.05, 3.63) is 0 Å². The van der Waals surface area contributed by atoms with Gasteiger partial charge in [0.1, 0.15) is 0 Å². The van der Waals surface area contributed by atoms with Gasteiger partial charge in [0.25, 0.3) is 0 Å². The summed E-state index contributed by atoms with van der Waals surface area (Å²) >= 11 is 0. The van der Waals surface area contributed by atoms with Crippen LogP contribution in [0.2, 0.25) is 18.1 Å². The SMILES string of the molecule is CCCC[Si]1CCC1. The van der Waals surface area contributed by atoms with Gasteiger partial charge in [-0.25, -0.2) is 0 Å². The van der Waals surface area contributed by atoms with Gasteiger partial charge in [-0.2, -0.15) is 0 Å². The fraction of sp³-hybridized carbons (Fsp3) is 1.00. The lowest BCUT2D eigenvalue weighted by Crippen LogP contribution is -2.20. The summed E-state index contributed by atoms with van der Waals surface area (Å²) in [6.07, 6.45) is 4.47. The van der Waals surface area contributed by atoms with E-state index in [1.54, 1.807) is 24.6 Å². The molecule has 0 aliphatic carbocycles. The molecule has 0 aromatic rings. The average molecular weight is 127 g/mol. The highest BCUT2D eigenvalue weighted by atomic mass is 28.3. The van der Waals surface area contributed by atoms with Crippen LogP contribution < -0.4 is 0 Å². The first kappa shape index (κ1) is 6.34. The molecule has 0 atom stereocenters. The molecule has 1 rings (SSSR count). The molecule has 0 saturated carbocycles. The van der Waals surface area contributed by atoms with Crippen LogP contribution in [0.3, 0.4) is 0 Å². The van der Waals surface area contributed by atoms with Gasteiger partial charge in [0, 0.05) is 8.80 Å². The molecule has 0 amide bonds. The van der Waals surface area contributed by atoms with Gasteiger partial charge in [-0.15, -0.1) is 0 Å². The summed E-state index contributed by atoms with van der Waals surface area (Å²) in [6, 6.07) is 4.87. The standard InChI is InChI=1S/C7H15Si/c1-2-3-5-8-6-4-7-8/h2-7H2,1H3. The van der Waals surface area contributed by atoms with Crippen molar-refractivity contribution in [2.45, 2.75) is 44.3 Å². The van der Waals surface area contributed by atoms with E-state index >= 15 is 0 Å².